The summed E-state index contributed by atoms with van der Waals surface area (Å²) in [5.74, 6) is 1.16. The quantitative estimate of drug-likeness (QED) is 0.870. The van der Waals surface area contributed by atoms with Gasteiger partial charge in [0.2, 0.25) is 0 Å². The Morgan fingerprint density at radius 1 is 1.17 bits per heavy atom. The molecule has 2 N–H and O–H groups in total. The second-order valence-corrected chi connectivity index (χ2v) is 3.90. The zero-order valence-corrected chi connectivity index (χ0v) is 10.1. The van der Waals surface area contributed by atoms with E-state index in [1.807, 2.05) is 13.8 Å². The Morgan fingerprint density at radius 3 is 2.33 bits per heavy atom. The van der Waals surface area contributed by atoms with E-state index in [2.05, 4.69) is 16.0 Å². The highest BCUT2D eigenvalue weighted by atomic mass is 16.5. The number of benzene rings is 1. The molecule has 90 valence electrons. The Hall–Kier alpha value is -2.61. The zero-order valence-electron chi connectivity index (χ0n) is 10.1. The molecule has 1 aromatic heterocycles. The SMILES string of the molecule is Cc1cc(C#N)cc(C)c1Oc1nccnc1N. The third kappa shape index (κ3) is 2.23. The number of nitriles is 1. The molecule has 0 saturated carbocycles. The summed E-state index contributed by atoms with van der Waals surface area (Å²) in [7, 11) is 0. The van der Waals surface area contributed by atoms with Crippen LogP contribution >= 0.6 is 0 Å². The lowest BCUT2D eigenvalue weighted by molar-refractivity contribution is 0.456. The van der Waals surface area contributed by atoms with Crippen LogP contribution in [0.15, 0.2) is 24.5 Å². The van der Waals surface area contributed by atoms with E-state index in [1.54, 1.807) is 12.1 Å². The molecule has 0 spiro atoms. The largest absolute Gasteiger partial charge is 0.435 e. The summed E-state index contributed by atoms with van der Waals surface area (Å²) in [6.07, 6.45) is 3.01. The highest BCUT2D eigenvalue weighted by Gasteiger charge is 2.10. The van der Waals surface area contributed by atoms with Gasteiger partial charge in [-0.25, -0.2) is 9.97 Å². The third-order valence-electron chi connectivity index (χ3n) is 2.48. The minimum atomic E-state index is 0.237. The van der Waals surface area contributed by atoms with Crippen molar-refractivity contribution in [2.45, 2.75) is 13.8 Å². The van der Waals surface area contributed by atoms with Crippen molar-refractivity contribution in [3.63, 3.8) is 0 Å². The van der Waals surface area contributed by atoms with Gasteiger partial charge in [0.15, 0.2) is 5.82 Å². The van der Waals surface area contributed by atoms with E-state index in [1.165, 1.54) is 12.4 Å². The Labute approximate surface area is 105 Å². The molecule has 0 amide bonds. The number of ether oxygens (including phenoxy) is 1. The van der Waals surface area contributed by atoms with Crippen LogP contribution < -0.4 is 10.5 Å². The lowest BCUT2D eigenvalue weighted by Crippen LogP contribution is -1.99. The van der Waals surface area contributed by atoms with Gasteiger partial charge in [0.25, 0.3) is 5.88 Å². The lowest BCUT2D eigenvalue weighted by Gasteiger charge is -2.11. The fourth-order valence-corrected chi connectivity index (χ4v) is 1.69. The van der Waals surface area contributed by atoms with Crippen molar-refractivity contribution in [3.8, 4) is 17.7 Å². The molecule has 0 fully saturated rings. The fraction of sp³-hybridized carbons (Fsp3) is 0.154. The van der Waals surface area contributed by atoms with Gasteiger partial charge in [-0.05, 0) is 37.1 Å². The normalized spacial score (nSPS) is 9.83. The summed E-state index contributed by atoms with van der Waals surface area (Å²) in [5.41, 5.74) is 7.99. The number of aromatic nitrogens is 2. The summed E-state index contributed by atoms with van der Waals surface area (Å²) in [4.78, 5) is 7.93. The number of hydrogen-bond donors (Lipinski definition) is 1. The highest BCUT2D eigenvalue weighted by molar-refractivity contribution is 5.50. The van der Waals surface area contributed by atoms with Crippen LogP contribution in [0.1, 0.15) is 16.7 Å². The molecule has 0 unspecified atom stereocenters. The second-order valence-electron chi connectivity index (χ2n) is 3.90. The summed E-state index contributed by atoms with van der Waals surface area (Å²) < 4.78 is 5.66. The van der Waals surface area contributed by atoms with E-state index in [0.717, 1.165) is 11.1 Å². The number of nitrogens with zero attached hydrogens (tertiary/aromatic N) is 3. The van der Waals surface area contributed by atoms with Crippen LogP contribution in [0.25, 0.3) is 0 Å². The zero-order chi connectivity index (χ0) is 13.1. The Kier molecular flexibility index (Phi) is 3.11. The van der Waals surface area contributed by atoms with Gasteiger partial charge in [-0.3, -0.25) is 0 Å². The van der Waals surface area contributed by atoms with Crippen LogP contribution in [-0.4, -0.2) is 9.97 Å². The van der Waals surface area contributed by atoms with Crippen LogP contribution in [0.5, 0.6) is 11.6 Å². The standard InChI is InChI=1S/C13H12N4O/c1-8-5-10(7-14)6-9(2)11(8)18-13-12(15)16-3-4-17-13/h3-6H,1-2H3,(H2,15,16). The molecule has 0 aliphatic heterocycles. The molecular weight excluding hydrogens is 228 g/mol. The molecule has 18 heavy (non-hydrogen) atoms. The first kappa shape index (κ1) is 11.9. The summed E-state index contributed by atoms with van der Waals surface area (Å²) in [6, 6.07) is 5.62. The third-order valence-corrected chi connectivity index (χ3v) is 2.48. The minimum Gasteiger partial charge on any atom is -0.435 e. The maximum absolute atomic E-state index is 8.88. The van der Waals surface area contributed by atoms with Crippen molar-refractivity contribution in [1.29, 1.82) is 5.26 Å². The number of nitrogen functional groups attached to an aromatic ring is 1. The van der Waals surface area contributed by atoms with Crippen molar-refractivity contribution in [2.24, 2.45) is 0 Å². The van der Waals surface area contributed by atoms with Crippen LogP contribution in [0.2, 0.25) is 0 Å². The first-order chi connectivity index (χ1) is 8.61. The van der Waals surface area contributed by atoms with Crippen molar-refractivity contribution in [3.05, 3.63) is 41.2 Å². The van der Waals surface area contributed by atoms with Gasteiger partial charge in [-0.1, -0.05) is 0 Å². The van der Waals surface area contributed by atoms with Gasteiger partial charge < -0.3 is 10.5 Å². The highest BCUT2D eigenvalue weighted by Crippen LogP contribution is 2.30. The molecule has 0 radical (unpaired) electrons. The maximum atomic E-state index is 8.88. The van der Waals surface area contributed by atoms with E-state index >= 15 is 0 Å². The number of hydrogen-bond acceptors (Lipinski definition) is 5. The van der Waals surface area contributed by atoms with Crippen molar-refractivity contribution < 1.29 is 4.74 Å². The molecule has 5 nitrogen and oxygen atoms in total. The fourth-order valence-electron chi connectivity index (χ4n) is 1.69. The van der Waals surface area contributed by atoms with Gasteiger partial charge in [-0.15, -0.1) is 0 Å². The molecule has 0 bridgehead atoms. The molecule has 2 rings (SSSR count). The number of rotatable bonds is 2. The van der Waals surface area contributed by atoms with Crippen LogP contribution in [0.4, 0.5) is 5.82 Å². The number of nitrogens with two attached hydrogens (primary N) is 1. The van der Waals surface area contributed by atoms with Gasteiger partial charge in [-0.2, -0.15) is 5.26 Å². The average Bonchev–Trinajstić information content (AvgIpc) is 2.35. The molecular formula is C13H12N4O. The molecule has 2 aromatic rings. The van der Waals surface area contributed by atoms with E-state index in [-0.39, 0.29) is 11.7 Å². The summed E-state index contributed by atoms with van der Waals surface area (Å²) in [5, 5.41) is 8.88. The Bertz CT molecular complexity index is 608. The molecule has 1 aromatic carbocycles. The molecule has 5 heteroatoms. The van der Waals surface area contributed by atoms with E-state index in [4.69, 9.17) is 15.7 Å². The monoisotopic (exact) mass is 240 g/mol. The van der Waals surface area contributed by atoms with Crippen LogP contribution in [-0.2, 0) is 0 Å². The van der Waals surface area contributed by atoms with E-state index < -0.39 is 0 Å². The Morgan fingerprint density at radius 2 is 1.78 bits per heavy atom. The van der Waals surface area contributed by atoms with E-state index in [9.17, 15) is 0 Å². The van der Waals surface area contributed by atoms with Crippen molar-refractivity contribution in [2.75, 3.05) is 5.73 Å². The topological polar surface area (TPSA) is 84.8 Å². The lowest BCUT2D eigenvalue weighted by atomic mass is 10.1. The molecule has 0 atom stereocenters. The second kappa shape index (κ2) is 4.72. The van der Waals surface area contributed by atoms with Crippen molar-refractivity contribution >= 4 is 5.82 Å². The number of aryl methyl sites for hydroxylation is 2. The molecule has 0 aliphatic carbocycles. The predicted molar refractivity (Wildman–Crippen MR) is 67.1 cm³/mol. The van der Waals surface area contributed by atoms with Gasteiger partial charge in [0.05, 0.1) is 11.6 Å². The van der Waals surface area contributed by atoms with Gasteiger partial charge >= 0.3 is 0 Å². The van der Waals surface area contributed by atoms with Gasteiger partial charge in [0.1, 0.15) is 5.75 Å². The maximum Gasteiger partial charge on any atom is 0.262 e. The summed E-state index contributed by atoms with van der Waals surface area (Å²) in [6.45, 7) is 3.74. The minimum absolute atomic E-state index is 0.237. The van der Waals surface area contributed by atoms with E-state index in [0.29, 0.717) is 11.3 Å². The number of anilines is 1. The van der Waals surface area contributed by atoms with Crippen LogP contribution in [0, 0.1) is 25.2 Å². The summed E-state index contributed by atoms with van der Waals surface area (Å²) >= 11 is 0. The first-order valence-corrected chi connectivity index (χ1v) is 5.37. The predicted octanol–water partition coefficient (Wildman–Crippen LogP) is 2.34. The van der Waals surface area contributed by atoms with Crippen LogP contribution in [0.3, 0.4) is 0 Å². The Balaban J connectivity index is 2.42. The average molecular weight is 240 g/mol. The van der Waals surface area contributed by atoms with Gasteiger partial charge in [0, 0.05) is 12.4 Å². The molecule has 0 aliphatic rings. The first-order valence-electron chi connectivity index (χ1n) is 5.37. The molecule has 0 saturated heterocycles. The van der Waals surface area contributed by atoms with Crippen molar-refractivity contribution in [1.82, 2.24) is 9.97 Å². The molecule has 1 heterocycles. The smallest absolute Gasteiger partial charge is 0.262 e.